The first-order chi connectivity index (χ1) is 10.9. The van der Waals surface area contributed by atoms with Crippen molar-refractivity contribution in [1.29, 1.82) is 0 Å². The highest BCUT2D eigenvalue weighted by molar-refractivity contribution is 5.40. The molecular weight excluding hydrogens is 309 g/mol. The number of hydrogen-bond donors (Lipinski definition) is 0. The van der Waals surface area contributed by atoms with E-state index in [1.54, 1.807) is 6.20 Å². The SMILES string of the molecule is COC1(c2ncccc2C(F)(F)F)Cc2cnoc2C2(CC2)C1. The van der Waals surface area contributed by atoms with Crippen LogP contribution < -0.4 is 0 Å². The molecule has 2 aromatic heterocycles. The van der Waals surface area contributed by atoms with Crippen LogP contribution in [0.15, 0.2) is 29.0 Å². The fourth-order valence-electron chi connectivity index (χ4n) is 3.78. The molecule has 0 radical (unpaired) electrons. The third kappa shape index (κ3) is 2.09. The molecule has 1 spiro atoms. The average Bonchev–Trinajstić information content (AvgIpc) is 3.11. The fourth-order valence-corrected chi connectivity index (χ4v) is 3.78. The van der Waals surface area contributed by atoms with Gasteiger partial charge in [0.25, 0.3) is 0 Å². The molecule has 4 rings (SSSR count). The molecule has 0 amide bonds. The van der Waals surface area contributed by atoms with Gasteiger partial charge in [-0.15, -0.1) is 0 Å². The van der Waals surface area contributed by atoms with Gasteiger partial charge in [-0.3, -0.25) is 4.98 Å². The summed E-state index contributed by atoms with van der Waals surface area (Å²) in [5.41, 5.74) is -1.35. The van der Waals surface area contributed by atoms with Gasteiger partial charge in [-0.05, 0) is 31.4 Å². The second-order valence-corrected chi connectivity index (χ2v) is 6.41. The molecule has 2 aliphatic carbocycles. The summed E-state index contributed by atoms with van der Waals surface area (Å²) in [6.45, 7) is 0. The van der Waals surface area contributed by atoms with Crippen molar-refractivity contribution in [3.8, 4) is 0 Å². The second-order valence-electron chi connectivity index (χ2n) is 6.41. The normalized spacial score (nSPS) is 25.4. The Morgan fingerprint density at radius 1 is 1.30 bits per heavy atom. The summed E-state index contributed by atoms with van der Waals surface area (Å²) in [5, 5.41) is 3.83. The zero-order valence-electron chi connectivity index (χ0n) is 12.5. The van der Waals surface area contributed by atoms with Crippen LogP contribution in [0.5, 0.6) is 0 Å². The van der Waals surface area contributed by atoms with Gasteiger partial charge in [-0.1, -0.05) is 5.16 Å². The predicted molar refractivity (Wildman–Crippen MR) is 73.7 cm³/mol. The number of ether oxygens (including phenoxy) is 1. The molecule has 23 heavy (non-hydrogen) atoms. The number of nitrogens with zero attached hydrogens (tertiary/aromatic N) is 2. The first-order valence-corrected chi connectivity index (χ1v) is 7.42. The van der Waals surface area contributed by atoms with E-state index in [2.05, 4.69) is 10.1 Å². The number of fused-ring (bicyclic) bond motifs is 2. The topological polar surface area (TPSA) is 48.2 Å². The first-order valence-electron chi connectivity index (χ1n) is 7.42. The molecule has 0 aliphatic heterocycles. The van der Waals surface area contributed by atoms with Gasteiger partial charge in [0.15, 0.2) is 0 Å². The number of pyridine rings is 1. The van der Waals surface area contributed by atoms with Crippen molar-refractivity contribution >= 4 is 0 Å². The number of alkyl halides is 3. The van der Waals surface area contributed by atoms with Gasteiger partial charge in [0.2, 0.25) is 0 Å². The Morgan fingerprint density at radius 2 is 2.09 bits per heavy atom. The van der Waals surface area contributed by atoms with E-state index in [-0.39, 0.29) is 17.5 Å². The van der Waals surface area contributed by atoms with Crippen molar-refractivity contribution in [2.75, 3.05) is 7.11 Å². The van der Waals surface area contributed by atoms with Gasteiger partial charge in [0.1, 0.15) is 11.4 Å². The summed E-state index contributed by atoms with van der Waals surface area (Å²) in [5.74, 6) is 0.801. The maximum absolute atomic E-state index is 13.4. The van der Waals surface area contributed by atoms with Crippen LogP contribution in [-0.2, 0) is 28.4 Å². The number of hydrogen-bond acceptors (Lipinski definition) is 4. The molecule has 0 N–H and O–H groups in total. The smallest absolute Gasteiger partial charge is 0.372 e. The monoisotopic (exact) mass is 324 g/mol. The Labute approximate surface area is 130 Å². The summed E-state index contributed by atoms with van der Waals surface area (Å²) < 4.78 is 51.3. The van der Waals surface area contributed by atoms with E-state index in [0.29, 0.717) is 6.42 Å². The van der Waals surface area contributed by atoms with E-state index in [0.717, 1.165) is 30.2 Å². The molecule has 0 saturated heterocycles. The largest absolute Gasteiger partial charge is 0.418 e. The van der Waals surface area contributed by atoms with Crippen molar-refractivity contribution < 1.29 is 22.4 Å². The number of aromatic nitrogens is 2. The molecule has 2 heterocycles. The standard InChI is InChI=1S/C16H15F3N2O2/c1-22-15(12-11(16(17,18)19)3-2-6-20-12)7-10-8-21-23-13(10)14(9-15)4-5-14/h2-3,6,8H,4-5,7,9H2,1H3. The molecule has 1 saturated carbocycles. The van der Waals surface area contributed by atoms with Crippen molar-refractivity contribution in [1.82, 2.24) is 10.1 Å². The van der Waals surface area contributed by atoms with Crippen LogP contribution in [0.2, 0.25) is 0 Å². The Hall–Kier alpha value is -1.89. The van der Waals surface area contributed by atoms with Gasteiger partial charge < -0.3 is 9.26 Å². The fraction of sp³-hybridized carbons (Fsp3) is 0.500. The highest BCUT2D eigenvalue weighted by Crippen LogP contribution is 2.60. The average molecular weight is 324 g/mol. The minimum Gasteiger partial charge on any atom is -0.372 e. The van der Waals surface area contributed by atoms with Gasteiger partial charge >= 0.3 is 6.18 Å². The third-order valence-corrected chi connectivity index (χ3v) is 5.01. The van der Waals surface area contributed by atoms with E-state index in [1.165, 1.54) is 19.4 Å². The molecule has 0 aromatic carbocycles. The lowest BCUT2D eigenvalue weighted by atomic mass is 9.72. The molecule has 7 heteroatoms. The van der Waals surface area contributed by atoms with Crippen LogP contribution >= 0.6 is 0 Å². The third-order valence-electron chi connectivity index (χ3n) is 5.01. The van der Waals surface area contributed by atoms with E-state index in [4.69, 9.17) is 9.26 Å². The molecule has 4 nitrogen and oxygen atoms in total. The molecule has 1 atom stereocenters. The molecular formula is C16H15F3N2O2. The van der Waals surface area contributed by atoms with Crippen molar-refractivity contribution in [3.63, 3.8) is 0 Å². The molecule has 2 aliphatic rings. The lowest BCUT2D eigenvalue weighted by molar-refractivity contribution is -0.143. The lowest BCUT2D eigenvalue weighted by Gasteiger charge is -2.39. The highest BCUT2D eigenvalue weighted by Gasteiger charge is 2.59. The second kappa shape index (κ2) is 4.56. The summed E-state index contributed by atoms with van der Waals surface area (Å²) in [4.78, 5) is 4.07. The van der Waals surface area contributed by atoms with E-state index in [1.807, 2.05) is 0 Å². The van der Waals surface area contributed by atoms with Crippen LogP contribution in [0.4, 0.5) is 13.2 Å². The van der Waals surface area contributed by atoms with Crippen molar-refractivity contribution in [2.45, 2.75) is 42.9 Å². The lowest BCUT2D eigenvalue weighted by Crippen LogP contribution is -2.41. The quantitative estimate of drug-likeness (QED) is 0.847. The summed E-state index contributed by atoms with van der Waals surface area (Å²) in [6, 6.07) is 2.36. The van der Waals surface area contributed by atoms with Crippen LogP contribution in [0.25, 0.3) is 0 Å². The van der Waals surface area contributed by atoms with Crippen LogP contribution in [-0.4, -0.2) is 17.3 Å². The van der Waals surface area contributed by atoms with E-state index in [9.17, 15) is 13.2 Å². The summed E-state index contributed by atoms with van der Waals surface area (Å²) in [6.07, 6.45) is 0.944. The van der Waals surface area contributed by atoms with Crippen LogP contribution in [0.3, 0.4) is 0 Å². The number of methoxy groups -OCH3 is 1. The highest BCUT2D eigenvalue weighted by atomic mass is 19.4. The molecule has 0 bridgehead atoms. The van der Waals surface area contributed by atoms with Gasteiger partial charge in [0, 0.05) is 30.7 Å². The minimum absolute atomic E-state index is 0.0480. The van der Waals surface area contributed by atoms with Gasteiger partial charge in [-0.25, -0.2) is 0 Å². The summed E-state index contributed by atoms with van der Waals surface area (Å²) >= 11 is 0. The molecule has 122 valence electrons. The van der Waals surface area contributed by atoms with E-state index < -0.39 is 17.3 Å². The van der Waals surface area contributed by atoms with Crippen molar-refractivity contribution in [3.05, 3.63) is 47.1 Å². The van der Waals surface area contributed by atoms with Crippen molar-refractivity contribution in [2.24, 2.45) is 0 Å². The van der Waals surface area contributed by atoms with Crippen LogP contribution in [0, 0.1) is 0 Å². The predicted octanol–water partition coefficient (Wildman–Crippen LogP) is 3.61. The Balaban J connectivity index is 1.88. The van der Waals surface area contributed by atoms with E-state index >= 15 is 0 Å². The van der Waals surface area contributed by atoms with Crippen LogP contribution in [0.1, 0.15) is 41.8 Å². The first kappa shape index (κ1) is 14.7. The molecule has 1 fully saturated rings. The molecule has 2 aromatic rings. The van der Waals surface area contributed by atoms with Gasteiger partial charge in [0.05, 0.1) is 17.5 Å². The Bertz CT molecular complexity index is 752. The summed E-state index contributed by atoms with van der Waals surface area (Å²) in [7, 11) is 1.45. The Kier molecular flexibility index (Phi) is 2.91. The maximum Gasteiger partial charge on any atom is 0.418 e. The van der Waals surface area contributed by atoms with Gasteiger partial charge in [-0.2, -0.15) is 13.2 Å². The zero-order valence-corrected chi connectivity index (χ0v) is 12.5. The maximum atomic E-state index is 13.4. The number of rotatable bonds is 2. The minimum atomic E-state index is -4.47. The zero-order chi connectivity index (χ0) is 16.3. The molecule has 1 unspecified atom stereocenters. The Morgan fingerprint density at radius 3 is 2.74 bits per heavy atom. The number of halogens is 3.